The molecular weight excluding hydrogens is 264 g/mol. The Morgan fingerprint density at radius 1 is 1.10 bits per heavy atom. The van der Waals surface area contributed by atoms with Crippen LogP contribution in [0.5, 0.6) is 0 Å². The number of anilines is 1. The van der Waals surface area contributed by atoms with Crippen molar-refractivity contribution in [1.29, 1.82) is 0 Å². The van der Waals surface area contributed by atoms with Gasteiger partial charge < -0.3 is 10.0 Å². The average molecular weight is 292 g/mol. The van der Waals surface area contributed by atoms with Crippen LogP contribution in [0.25, 0.3) is 0 Å². The topological polar surface area (TPSA) is 53.4 Å². The molecule has 0 spiro atoms. The van der Waals surface area contributed by atoms with Crippen LogP contribution in [0.15, 0.2) is 12.1 Å². The van der Waals surface area contributed by atoms with Crippen LogP contribution < -0.4 is 4.90 Å². The molecule has 118 valence electrons. The number of aromatic carboxylic acids is 1. The minimum atomic E-state index is -0.894. The molecule has 0 saturated carbocycles. The lowest BCUT2D eigenvalue weighted by Crippen LogP contribution is -2.32. The third-order valence-corrected chi connectivity index (χ3v) is 3.17. The van der Waals surface area contributed by atoms with E-state index in [1.54, 1.807) is 12.1 Å². The number of rotatable bonds is 7. The molecule has 21 heavy (non-hydrogen) atoms. The summed E-state index contributed by atoms with van der Waals surface area (Å²) in [6, 6.07) is 3.37. The highest BCUT2D eigenvalue weighted by Gasteiger charge is 2.17. The molecule has 0 unspecified atom stereocenters. The van der Waals surface area contributed by atoms with Gasteiger partial charge in [-0.25, -0.2) is 9.78 Å². The van der Waals surface area contributed by atoms with Crippen LogP contribution in [-0.4, -0.2) is 29.1 Å². The van der Waals surface area contributed by atoms with Crippen molar-refractivity contribution in [3.8, 4) is 0 Å². The van der Waals surface area contributed by atoms with Crippen LogP contribution in [0.1, 0.15) is 63.5 Å². The predicted molar refractivity (Wildman–Crippen MR) is 87.2 cm³/mol. The second-order valence-electron chi connectivity index (χ2n) is 6.79. The number of hydrogen-bond donors (Lipinski definition) is 1. The Hall–Kier alpha value is -1.58. The fourth-order valence-corrected chi connectivity index (χ4v) is 2.26. The second kappa shape index (κ2) is 7.43. The summed E-state index contributed by atoms with van der Waals surface area (Å²) in [6.07, 6.45) is 0. The van der Waals surface area contributed by atoms with Gasteiger partial charge in [0.25, 0.3) is 0 Å². The summed E-state index contributed by atoms with van der Waals surface area (Å²) in [7, 11) is 0. The van der Waals surface area contributed by atoms with Crippen LogP contribution >= 0.6 is 0 Å². The number of nitrogens with zero attached hydrogens (tertiary/aromatic N) is 2. The van der Waals surface area contributed by atoms with Crippen molar-refractivity contribution >= 4 is 11.8 Å². The molecule has 0 amide bonds. The monoisotopic (exact) mass is 292 g/mol. The molecule has 0 saturated heterocycles. The summed E-state index contributed by atoms with van der Waals surface area (Å²) >= 11 is 0. The number of carbonyl (C=O) groups is 1. The van der Waals surface area contributed by atoms with E-state index in [2.05, 4.69) is 37.6 Å². The van der Waals surface area contributed by atoms with Crippen LogP contribution in [0.3, 0.4) is 0 Å². The lowest BCUT2D eigenvalue weighted by atomic mass is 10.1. The number of carboxylic acids is 1. The highest BCUT2D eigenvalue weighted by atomic mass is 16.4. The first-order valence-corrected chi connectivity index (χ1v) is 7.70. The lowest BCUT2D eigenvalue weighted by molar-refractivity contribution is 0.0696. The van der Waals surface area contributed by atoms with E-state index >= 15 is 0 Å². The third kappa shape index (κ3) is 5.37. The van der Waals surface area contributed by atoms with Gasteiger partial charge in [0.1, 0.15) is 5.82 Å². The molecule has 0 atom stereocenters. The molecule has 1 aromatic rings. The largest absolute Gasteiger partial charge is 0.478 e. The Bertz CT molecular complexity index is 472. The van der Waals surface area contributed by atoms with Crippen molar-refractivity contribution in [2.45, 2.75) is 47.5 Å². The van der Waals surface area contributed by atoms with Gasteiger partial charge in [0.15, 0.2) is 0 Å². The average Bonchev–Trinajstić information content (AvgIpc) is 2.36. The molecule has 1 rings (SSSR count). The van der Waals surface area contributed by atoms with E-state index in [-0.39, 0.29) is 5.92 Å². The Labute approximate surface area is 128 Å². The molecule has 0 aliphatic heterocycles. The molecule has 0 aromatic carbocycles. The molecule has 0 aliphatic carbocycles. The van der Waals surface area contributed by atoms with Gasteiger partial charge in [-0.15, -0.1) is 0 Å². The van der Waals surface area contributed by atoms with E-state index in [9.17, 15) is 9.90 Å². The summed E-state index contributed by atoms with van der Waals surface area (Å²) < 4.78 is 0. The zero-order valence-corrected chi connectivity index (χ0v) is 14.1. The molecule has 4 heteroatoms. The molecule has 4 nitrogen and oxygen atoms in total. The molecule has 1 N–H and O–H groups in total. The lowest BCUT2D eigenvalue weighted by Gasteiger charge is -2.28. The van der Waals surface area contributed by atoms with Gasteiger partial charge in [0, 0.05) is 18.8 Å². The van der Waals surface area contributed by atoms with Gasteiger partial charge in [-0.2, -0.15) is 0 Å². The molecule has 1 aromatic heterocycles. The quantitative estimate of drug-likeness (QED) is 0.824. The number of hydrogen-bond acceptors (Lipinski definition) is 3. The maximum atomic E-state index is 11.3. The summed E-state index contributed by atoms with van der Waals surface area (Å²) in [5.74, 6) is 1.10. The van der Waals surface area contributed by atoms with Crippen LogP contribution in [0, 0.1) is 11.8 Å². The van der Waals surface area contributed by atoms with Gasteiger partial charge >= 0.3 is 5.97 Å². The first-order chi connectivity index (χ1) is 9.70. The van der Waals surface area contributed by atoms with E-state index in [4.69, 9.17) is 0 Å². The van der Waals surface area contributed by atoms with E-state index in [1.807, 2.05) is 13.8 Å². The highest BCUT2D eigenvalue weighted by Crippen LogP contribution is 2.22. The maximum absolute atomic E-state index is 11.3. The Morgan fingerprint density at radius 3 is 2.00 bits per heavy atom. The number of carboxylic acid groups (broad SMARTS) is 1. The first-order valence-electron chi connectivity index (χ1n) is 7.70. The minimum absolute atomic E-state index is 0.211. The van der Waals surface area contributed by atoms with Gasteiger partial charge in [-0.05, 0) is 29.9 Å². The number of aromatic nitrogens is 1. The van der Waals surface area contributed by atoms with Gasteiger partial charge in [-0.3, -0.25) is 0 Å². The van der Waals surface area contributed by atoms with Crippen molar-refractivity contribution in [2.75, 3.05) is 18.0 Å². The van der Waals surface area contributed by atoms with Crippen molar-refractivity contribution in [3.63, 3.8) is 0 Å². The number of pyridine rings is 1. The predicted octanol–water partition coefficient (Wildman–Crippen LogP) is 4.02. The fraction of sp³-hybridized carbons (Fsp3) is 0.647. The zero-order chi connectivity index (χ0) is 16.2. The summed E-state index contributed by atoms with van der Waals surface area (Å²) in [5, 5.41) is 9.31. The fourth-order valence-electron chi connectivity index (χ4n) is 2.26. The molecular formula is C17H28N2O2. The van der Waals surface area contributed by atoms with Crippen LogP contribution in [0.4, 0.5) is 5.82 Å². The molecule has 0 aliphatic rings. The summed E-state index contributed by atoms with van der Waals surface area (Å²) in [5.41, 5.74) is 1.16. The molecule has 0 radical (unpaired) electrons. The minimum Gasteiger partial charge on any atom is -0.478 e. The Morgan fingerprint density at radius 2 is 1.62 bits per heavy atom. The molecule has 0 bridgehead atoms. The molecule has 1 heterocycles. The Kier molecular flexibility index (Phi) is 6.19. The van der Waals surface area contributed by atoms with Gasteiger partial charge in [0.05, 0.1) is 5.56 Å². The van der Waals surface area contributed by atoms with Crippen molar-refractivity contribution < 1.29 is 9.90 Å². The van der Waals surface area contributed by atoms with E-state index < -0.39 is 5.97 Å². The van der Waals surface area contributed by atoms with E-state index in [0.717, 1.165) is 24.6 Å². The Balaban J connectivity index is 3.24. The van der Waals surface area contributed by atoms with Crippen molar-refractivity contribution in [1.82, 2.24) is 4.98 Å². The second-order valence-corrected chi connectivity index (χ2v) is 6.79. The standard InChI is InChI=1S/C17H28N2O2/c1-11(2)9-19(10-12(3)4)16-8-14(17(20)21)7-15(18-16)13(5)6/h7-8,11-13H,9-10H2,1-6H3,(H,20,21). The van der Waals surface area contributed by atoms with Crippen molar-refractivity contribution in [2.24, 2.45) is 11.8 Å². The maximum Gasteiger partial charge on any atom is 0.335 e. The first kappa shape index (κ1) is 17.5. The van der Waals surface area contributed by atoms with Gasteiger partial charge in [0.2, 0.25) is 0 Å². The van der Waals surface area contributed by atoms with E-state index in [0.29, 0.717) is 17.4 Å². The van der Waals surface area contributed by atoms with E-state index in [1.165, 1.54) is 0 Å². The summed E-state index contributed by atoms with van der Waals surface area (Å²) in [4.78, 5) is 18.2. The van der Waals surface area contributed by atoms with Crippen LogP contribution in [-0.2, 0) is 0 Å². The van der Waals surface area contributed by atoms with Crippen LogP contribution in [0.2, 0.25) is 0 Å². The third-order valence-electron chi connectivity index (χ3n) is 3.17. The zero-order valence-electron chi connectivity index (χ0n) is 14.1. The molecule has 0 fully saturated rings. The smallest absolute Gasteiger partial charge is 0.335 e. The highest BCUT2D eigenvalue weighted by molar-refractivity contribution is 5.88. The SMILES string of the molecule is CC(C)CN(CC(C)C)c1cc(C(=O)O)cc(C(C)C)n1. The van der Waals surface area contributed by atoms with Gasteiger partial charge in [-0.1, -0.05) is 41.5 Å². The van der Waals surface area contributed by atoms with Crippen molar-refractivity contribution in [3.05, 3.63) is 23.4 Å². The summed E-state index contributed by atoms with van der Waals surface area (Å²) in [6.45, 7) is 14.5. The normalized spacial score (nSPS) is 11.5.